The highest BCUT2D eigenvalue weighted by Crippen LogP contribution is 2.65. The second-order valence-electron chi connectivity index (χ2n) is 8.67. The molecule has 4 aliphatic carbocycles. The summed E-state index contributed by atoms with van der Waals surface area (Å²) >= 11 is 0. The Kier molecular flexibility index (Phi) is 2.88. The molecule has 0 bridgehead atoms. The van der Waals surface area contributed by atoms with E-state index in [0.717, 1.165) is 30.3 Å². The van der Waals surface area contributed by atoms with Gasteiger partial charge in [0.25, 0.3) is 0 Å². The van der Waals surface area contributed by atoms with E-state index in [1.807, 2.05) is 0 Å². The third-order valence-electron chi connectivity index (χ3n) is 7.88. The first kappa shape index (κ1) is 13.8. The van der Waals surface area contributed by atoms with Crippen molar-refractivity contribution in [1.82, 2.24) is 0 Å². The molecule has 0 heterocycles. The van der Waals surface area contributed by atoms with Gasteiger partial charge in [-0.05, 0) is 79.1 Å². The highest BCUT2D eigenvalue weighted by Gasteiger charge is 2.57. The topological polar surface area (TPSA) is 37.3 Å². The highest BCUT2D eigenvalue weighted by atomic mass is 16.3. The summed E-state index contributed by atoms with van der Waals surface area (Å²) in [5.74, 6) is 2.56. The standard InChI is InChI=1S/C19H28O2/c1-18-9-3-4-13(18)12-5-6-15-17(21)16(20)8-11-19(15,2)14(12)7-10-18/h12-14,21H,3-11H2,1-2H3/t12-,13-,14+,18-,19+/m0/s1. The molecule has 0 aliphatic heterocycles. The molecule has 0 aromatic carbocycles. The van der Waals surface area contributed by atoms with E-state index in [-0.39, 0.29) is 17.0 Å². The van der Waals surface area contributed by atoms with Crippen molar-refractivity contribution in [1.29, 1.82) is 0 Å². The van der Waals surface area contributed by atoms with Gasteiger partial charge >= 0.3 is 0 Å². The molecule has 3 fully saturated rings. The van der Waals surface area contributed by atoms with Crippen molar-refractivity contribution in [2.75, 3.05) is 0 Å². The molecule has 2 heteroatoms. The SMILES string of the molecule is C[C@@]12CCC[C@H]1[C@@H]1CCC3=C(O)C(=O)CC[C@]3(C)[C@@H]1CC2. The minimum Gasteiger partial charge on any atom is -0.504 e. The van der Waals surface area contributed by atoms with Crippen molar-refractivity contribution in [3.8, 4) is 0 Å². The van der Waals surface area contributed by atoms with E-state index in [2.05, 4.69) is 13.8 Å². The molecule has 0 saturated heterocycles. The van der Waals surface area contributed by atoms with E-state index in [0.29, 0.717) is 17.8 Å². The molecule has 2 nitrogen and oxygen atoms in total. The quantitative estimate of drug-likeness (QED) is 0.695. The van der Waals surface area contributed by atoms with Gasteiger partial charge in [0.05, 0.1) is 0 Å². The van der Waals surface area contributed by atoms with E-state index >= 15 is 0 Å². The van der Waals surface area contributed by atoms with Crippen molar-refractivity contribution in [2.24, 2.45) is 28.6 Å². The van der Waals surface area contributed by atoms with Crippen LogP contribution in [0.5, 0.6) is 0 Å². The maximum absolute atomic E-state index is 11.9. The van der Waals surface area contributed by atoms with Crippen LogP contribution in [0.2, 0.25) is 0 Å². The van der Waals surface area contributed by atoms with Crippen LogP contribution in [0.1, 0.15) is 71.6 Å². The third-order valence-corrected chi connectivity index (χ3v) is 7.88. The Hall–Kier alpha value is -0.790. The summed E-state index contributed by atoms with van der Waals surface area (Å²) in [7, 11) is 0. The van der Waals surface area contributed by atoms with Crippen LogP contribution in [-0.2, 0) is 4.79 Å². The summed E-state index contributed by atoms with van der Waals surface area (Å²) in [6.07, 6.45) is 10.6. The number of hydrogen-bond acceptors (Lipinski definition) is 2. The zero-order valence-electron chi connectivity index (χ0n) is 13.5. The van der Waals surface area contributed by atoms with Gasteiger partial charge in [0, 0.05) is 6.42 Å². The summed E-state index contributed by atoms with van der Waals surface area (Å²) in [5, 5.41) is 10.3. The maximum Gasteiger partial charge on any atom is 0.197 e. The molecule has 0 aromatic heterocycles. The lowest BCUT2D eigenvalue weighted by atomic mass is 9.47. The Balaban J connectivity index is 1.72. The Morgan fingerprint density at radius 3 is 2.62 bits per heavy atom. The first-order valence-electron chi connectivity index (χ1n) is 8.91. The molecule has 4 aliphatic rings. The minimum atomic E-state index is -0.0116. The first-order chi connectivity index (χ1) is 9.96. The molecular formula is C19H28O2. The Bertz CT molecular complexity index is 520. The van der Waals surface area contributed by atoms with Crippen LogP contribution in [-0.4, -0.2) is 10.9 Å². The molecule has 0 radical (unpaired) electrons. The first-order valence-corrected chi connectivity index (χ1v) is 8.91. The summed E-state index contributed by atoms with van der Waals surface area (Å²) in [6, 6.07) is 0. The number of aliphatic hydroxyl groups excluding tert-OH is 1. The average molecular weight is 288 g/mol. The van der Waals surface area contributed by atoms with Gasteiger partial charge in [0.1, 0.15) is 0 Å². The lowest BCUT2D eigenvalue weighted by Crippen LogP contribution is -2.50. The van der Waals surface area contributed by atoms with Crippen LogP contribution in [0.15, 0.2) is 11.3 Å². The number of ketones is 1. The molecule has 1 N–H and O–H groups in total. The Labute approximate surface area is 128 Å². The van der Waals surface area contributed by atoms with Gasteiger partial charge in [-0.25, -0.2) is 0 Å². The maximum atomic E-state index is 11.9. The summed E-state index contributed by atoms with van der Waals surface area (Å²) < 4.78 is 0. The number of rotatable bonds is 0. The van der Waals surface area contributed by atoms with Gasteiger partial charge < -0.3 is 5.11 Å². The second kappa shape index (κ2) is 4.36. The Morgan fingerprint density at radius 2 is 1.81 bits per heavy atom. The van der Waals surface area contributed by atoms with Crippen LogP contribution in [0.4, 0.5) is 0 Å². The van der Waals surface area contributed by atoms with Crippen LogP contribution in [0.3, 0.4) is 0 Å². The molecule has 0 spiro atoms. The van der Waals surface area contributed by atoms with Crippen molar-refractivity contribution >= 4 is 5.78 Å². The van der Waals surface area contributed by atoms with E-state index < -0.39 is 0 Å². The fourth-order valence-corrected chi connectivity index (χ4v) is 6.68. The van der Waals surface area contributed by atoms with Gasteiger partial charge in [-0.1, -0.05) is 20.3 Å². The number of fused-ring (bicyclic) bond motifs is 5. The Morgan fingerprint density at radius 1 is 1.00 bits per heavy atom. The molecule has 4 rings (SSSR count). The lowest BCUT2D eigenvalue weighted by Gasteiger charge is -2.57. The van der Waals surface area contributed by atoms with Crippen molar-refractivity contribution < 1.29 is 9.90 Å². The van der Waals surface area contributed by atoms with Crippen molar-refractivity contribution in [2.45, 2.75) is 71.6 Å². The molecule has 0 unspecified atom stereocenters. The molecule has 21 heavy (non-hydrogen) atoms. The van der Waals surface area contributed by atoms with Gasteiger partial charge in [0.2, 0.25) is 0 Å². The van der Waals surface area contributed by atoms with Gasteiger partial charge in [0.15, 0.2) is 11.5 Å². The molecule has 3 saturated carbocycles. The predicted octanol–water partition coefficient (Wildman–Crippen LogP) is 4.79. The van der Waals surface area contributed by atoms with Crippen molar-refractivity contribution in [3.63, 3.8) is 0 Å². The number of carbonyl (C=O) groups excluding carboxylic acids is 1. The van der Waals surface area contributed by atoms with Crippen LogP contribution >= 0.6 is 0 Å². The number of carbonyl (C=O) groups is 1. The minimum absolute atomic E-state index is 0.0116. The monoisotopic (exact) mass is 288 g/mol. The van der Waals surface area contributed by atoms with Crippen LogP contribution in [0.25, 0.3) is 0 Å². The highest BCUT2D eigenvalue weighted by molar-refractivity contribution is 5.95. The fraction of sp³-hybridized carbons (Fsp3) is 0.842. The van der Waals surface area contributed by atoms with Gasteiger partial charge in [-0.2, -0.15) is 0 Å². The number of hydrogen-bond donors (Lipinski definition) is 1. The van der Waals surface area contributed by atoms with E-state index in [4.69, 9.17) is 0 Å². The van der Waals surface area contributed by atoms with E-state index in [1.54, 1.807) is 0 Å². The molecule has 0 amide bonds. The fourth-order valence-electron chi connectivity index (χ4n) is 6.68. The zero-order valence-corrected chi connectivity index (χ0v) is 13.5. The number of Topliss-reactive ketones (excluding diaryl/α,β-unsaturated/α-hetero) is 1. The zero-order chi connectivity index (χ0) is 14.8. The molecule has 116 valence electrons. The van der Waals surface area contributed by atoms with Crippen LogP contribution < -0.4 is 0 Å². The van der Waals surface area contributed by atoms with E-state index in [9.17, 15) is 9.90 Å². The number of allylic oxidation sites excluding steroid dienone is 1. The summed E-state index contributed by atoms with van der Waals surface area (Å²) in [4.78, 5) is 11.9. The summed E-state index contributed by atoms with van der Waals surface area (Å²) in [5.41, 5.74) is 1.80. The molecule has 0 aromatic rings. The lowest BCUT2D eigenvalue weighted by molar-refractivity contribution is -0.121. The van der Waals surface area contributed by atoms with Gasteiger partial charge in [-0.15, -0.1) is 0 Å². The smallest absolute Gasteiger partial charge is 0.197 e. The summed E-state index contributed by atoms with van der Waals surface area (Å²) in [6.45, 7) is 4.87. The average Bonchev–Trinajstić information content (AvgIpc) is 2.85. The third kappa shape index (κ3) is 1.74. The molecule has 5 atom stereocenters. The van der Waals surface area contributed by atoms with E-state index in [1.165, 1.54) is 38.5 Å². The normalized spacial score (nSPS) is 49.6. The predicted molar refractivity (Wildman–Crippen MR) is 82.9 cm³/mol. The second-order valence-corrected chi connectivity index (χ2v) is 8.67. The molecular weight excluding hydrogens is 260 g/mol. The van der Waals surface area contributed by atoms with Crippen LogP contribution in [0, 0.1) is 28.6 Å². The largest absolute Gasteiger partial charge is 0.504 e. The van der Waals surface area contributed by atoms with Gasteiger partial charge in [-0.3, -0.25) is 4.79 Å². The number of aliphatic hydroxyl groups is 1. The van der Waals surface area contributed by atoms with Crippen molar-refractivity contribution in [3.05, 3.63) is 11.3 Å².